The second-order valence-corrected chi connectivity index (χ2v) is 4.75. The minimum absolute atomic E-state index is 0.325. The van der Waals surface area contributed by atoms with Crippen LogP contribution in [0.25, 0.3) is 0 Å². The summed E-state index contributed by atoms with van der Waals surface area (Å²) in [6.07, 6.45) is 5.10. The van der Waals surface area contributed by atoms with Gasteiger partial charge in [-0.05, 0) is 31.5 Å². The van der Waals surface area contributed by atoms with Crippen LogP contribution in [0.15, 0.2) is 35.8 Å². The molecule has 0 aromatic carbocycles. The third kappa shape index (κ3) is 2.19. The SMILES string of the molecule is CC(C)Nc1nccc2c1C(c1ccncn1)=NC2. The zero-order valence-corrected chi connectivity index (χ0v) is 11.0. The minimum atomic E-state index is 0.325. The van der Waals surface area contributed by atoms with E-state index in [1.165, 1.54) is 5.56 Å². The fourth-order valence-corrected chi connectivity index (χ4v) is 2.16. The summed E-state index contributed by atoms with van der Waals surface area (Å²) in [5, 5.41) is 3.37. The number of aromatic nitrogens is 3. The lowest BCUT2D eigenvalue weighted by molar-refractivity contribution is 0.887. The van der Waals surface area contributed by atoms with Crippen LogP contribution < -0.4 is 5.32 Å². The van der Waals surface area contributed by atoms with E-state index in [2.05, 4.69) is 39.1 Å². The highest BCUT2D eigenvalue weighted by molar-refractivity contribution is 6.16. The molecule has 1 N–H and O–H groups in total. The van der Waals surface area contributed by atoms with Crippen molar-refractivity contribution in [3.63, 3.8) is 0 Å². The van der Waals surface area contributed by atoms with E-state index in [1.807, 2.05) is 18.3 Å². The summed E-state index contributed by atoms with van der Waals surface area (Å²) >= 11 is 0. The van der Waals surface area contributed by atoms with E-state index in [0.29, 0.717) is 12.6 Å². The maximum Gasteiger partial charge on any atom is 0.136 e. The first-order valence-electron chi connectivity index (χ1n) is 6.31. The summed E-state index contributed by atoms with van der Waals surface area (Å²) in [7, 11) is 0. The van der Waals surface area contributed by atoms with Crippen LogP contribution in [0.3, 0.4) is 0 Å². The Balaban J connectivity index is 2.07. The van der Waals surface area contributed by atoms with Gasteiger partial charge in [-0.15, -0.1) is 0 Å². The van der Waals surface area contributed by atoms with Gasteiger partial charge in [0.1, 0.15) is 12.1 Å². The van der Waals surface area contributed by atoms with Gasteiger partial charge in [-0.3, -0.25) is 4.99 Å². The molecular formula is C14H15N5. The molecule has 5 nitrogen and oxygen atoms in total. The van der Waals surface area contributed by atoms with E-state index in [4.69, 9.17) is 0 Å². The summed E-state index contributed by atoms with van der Waals surface area (Å²) in [6.45, 7) is 4.87. The molecule has 0 aliphatic carbocycles. The Labute approximate surface area is 111 Å². The van der Waals surface area contributed by atoms with Crippen LogP contribution in [0, 0.1) is 0 Å². The van der Waals surface area contributed by atoms with Gasteiger partial charge in [0.15, 0.2) is 0 Å². The van der Waals surface area contributed by atoms with Gasteiger partial charge in [0.2, 0.25) is 0 Å². The van der Waals surface area contributed by atoms with Crippen LogP contribution in [0.2, 0.25) is 0 Å². The molecule has 0 bridgehead atoms. The first kappa shape index (κ1) is 11.8. The fourth-order valence-electron chi connectivity index (χ4n) is 2.16. The highest BCUT2D eigenvalue weighted by Crippen LogP contribution is 2.27. The molecule has 96 valence electrons. The number of hydrogen-bond acceptors (Lipinski definition) is 5. The molecule has 0 atom stereocenters. The Morgan fingerprint density at radius 3 is 2.79 bits per heavy atom. The molecule has 3 heterocycles. The number of rotatable bonds is 3. The van der Waals surface area contributed by atoms with Gasteiger partial charge in [0, 0.05) is 24.0 Å². The molecular weight excluding hydrogens is 238 g/mol. The normalized spacial score (nSPS) is 13.3. The summed E-state index contributed by atoms with van der Waals surface area (Å²) in [5.74, 6) is 0.877. The van der Waals surface area contributed by atoms with Crippen LogP contribution in [0.4, 0.5) is 5.82 Å². The van der Waals surface area contributed by atoms with Crippen molar-refractivity contribution in [1.29, 1.82) is 0 Å². The van der Waals surface area contributed by atoms with Gasteiger partial charge in [0.25, 0.3) is 0 Å². The zero-order chi connectivity index (χ0) is 13.2. The van der Waals surface area contributed by atoms with E-state index in [1.54, 1.807) is 12.5 Å². The van der Waals surface area contributed by atoms with Gasteiger partial charge >= 0.3 is 0 Å². The molecule has 0 radical (unpaired) electrons. The zero-order valence-electron chi connectivity index (χ0n) is 11.0. The standard InChI is InChI=1S/C14H15N5/c1-9(2)19-14-12-10(3-6-16-14)7-17-13(12)11-4-5-15-8-18-11/h3-6,8-9H,7H2,1-2H3,(H,16,19). The predicted molar refractivity (Wildman–Crippen MR) is 74.4 cm³/mol. The van der Waals surface area contributed by atoms with Gasteiger partial charge in [-0.25, -0.2) is 15.0 Å². The molecule has 19 heavy (non-hydrogen) atoms. The molecule has 2 aromatic heterocycles. The second kappa shape index (κ2) is 4.76. The highest BCUT2D eigenvalue weighted by atomic mass is 15.0. The molecule has 0 saturated heterocycles. The van der Waals surface area contributed by atoms with E-state index in [-0.39, 0.29) is 0 Å². The van der Waals surface area contributed by atoms with Crippen LogP contribution >= 0.6 is 0 Å². The van der Waals surface area contributed by atoms with Crippen molar-refractivity contribution < 1.29 is 0 Å². The van der Waals surface area contributed by atoms with Gasteiger partial charge in [-0.1, -0.05) is 0 Å². The number of nitrogens with zero attached hydrogens (tertiary/aromatic N) is 4. The second-order valence-electron chi connectivity index (χ2n) is 4.75. The quantitative estimate of drug-likeness (QED) is 0.909. The van der Waals surface area contributed by atoms with Crippen LogP contribution in [-0.4, -0.2) is 26.7 Å². The van der Waals surface area contributed by atoms with Crippen molar-refractivity contribution in [1.82, 2.24) is 15.0 Å². The molecule has 1 aliphatic heterocycles. The van der Waals surface area contributed by atoms with E-state index in [9.17, 15) is 0 Å². The fraction of sp³-hybridized carbons (Fsp3) is 0.286. The van der Waals surface area contributed by atoms with Crippen molar-refractivity contribution in [2.45, 2.75) is 26.4 Å². The van der Waals surface area contributed by atoms with Gasteiger partial charge in [0.05, 0.1) is 18.0 Å². The number of aliphatic imine (C=N–C) groups is 1. The first-order valence-corrected chi connectivity index (χ1v) is 6.31. The molecule has 0 amide bonds. The number of pyridine rings is 1. The maximum absolute atomic E-state index is 4.59. The van der Waals surface area contributed by atoms with Crippen molar-refractivity contribution in [3.05, 3.63) is 47.7 Å². The molecule has 2 aromatic rings. The maximum atomic E-state index is 4.59. The summed E-state index contributed by atoms with van der Waals surface area (Å²) < 4.78 is 0. The molecule has 1 aliphatic rings. The predicted octanol–water partition coefficient (Wildman–Crippen LogP) is 2.04. The van der Waals surface area contributed by atoms with Crippen molar-refractivity contribution in [2.24, 2.45) is 4.99 Å². The number of fused-ring (bicyclic) bond motifs is 1. The highest BCUT2D eigenvalue weighted by Gasteiger charge is 2.22. The Morgan fingerprint density at radius 1 is 1.16 bits per heavy atom. The lowest BCUT2D eigenvalue weighted by Gasteiger charge is -2.13. The van der Waals surface area contributed by atoms with E-state index >= 15 is 0 Å². The molecule has 0 unspecified atom stereocenters. The van der Waals surface area contributed by atoms with Crippen LogP contribution in [0.1, 0.15) is 30.7 Å². The monoisotopic (exact) mass is 253 g/mol. The minimum Gasteiger partial charge on any atom is -0.367 e. The Morgan fingerprint density at radius 2 is 2.05 bits per heavy atom. The molecule has 0 saturated carbocycles. The number of anilines is 1. The van der Waals surface area contributed by atoms with E-state index < -0.39 is 0 Å². The van der Waals surface area contributed by atoms with Gasteiger partial charge < -0.3 is 5.32 Å². The lowest BCUT2D eigenvalue weighted by Crippen LogP contribution is -2.16. The third-order valence-corrected chi connectivity index (χ3v) is 2.93. The van der Waals surface area contributed by atoms with Gasteiger partial charge in [-0.2, -0.15) is 0 Å². The van der Waals surface area contributed by atoms with Crippen molar-refractivity contribution >= 4 is 11.5 Å². The third-order valence-electron chi connectivity index (χ3n) is 2.93. The first-order chi connectivity index (χ1) is 9.25. The average Bonchev–Trinajstić information content (AvgIpc) is 2.84. The topological polar surface area (TPSA) is 63.1 Å². The van der Waals surface area contributed by atoms with E-state index in [0.717, 1.165) is 22.8 Å². The van der Waals surface area contributed by atoms with Crippen LogP contribution in [0.5, 0.6) is 0 Å². The van der Waals surface area contributed by atoms with Crippen molar-refractivity contribution in [2.75, 3.05) is 5.32 Å². The van der Waals surface area contributed by atoms with Crippen molar-refractivity contribution in [3.8, 4) is 0 Å². The Kier molecular flexibility index (Phi) is 2.95. The Bertz CT molecular complexity index is 619. The molecule has 0 spiro atoms. The summed E-state index contributed by atoms with van der Waals surface area (Å²) in [6, 6.07) is 4.21. The molecule has 0 fully saturated rings. The summed E-state index contributed by atoms with van der Waals surface area (Å²) in [5.41, 5.74) is 3.99. The Hall–Kier alpha value is -2.30. The summed E-state index contributed by atoms with van der Waals surface area (Å²) in [4.78, 5) is 17.2. The lowest BCUT2D eigenvalue weighted by atomic mass is 10.0. The molecule has 3 rings (SSSR count). The molecule has 5 heteroatoms. The smallest absolute Gasteiger partial charge is 0.136 e. The largest absolute Gasteiger partial charge is 0.367 e. The number of hydrogen-bond donors (Lipinski definition) is 1. The average molecular weight is 253 g/mol. The number of nitrogens with one attached hydrogen (secondary N) is 1. The van der Waals surface area contributed by atoms with Crippen LogP contribution in [-0.2, 0) is 6.54 Å².